The van der Waals surface area contributed by atoms with E-state index in [2.05, 4.69) is 0 Å². The van der Waals surface area contributed by atoms with Crippen LogP contribution < -0.4 is 17.2 Å². The van der Waals surface area contributed by atoms with E-state index in [1.807, 2.05) is 6.92 Å². The average Bonchev–Trinajstić information content (AvgIpc) is 2.35. The first-order valence-electron chi connectivity index (χ1n) is 6.75. The van der Waals surface area contributed by atoms with Crippen molar-refractivity contribution in [2.24, 2.45) is 17.2 Å². The van der Waals surface area contributed by atoms with Crippen molar-refractivity contribution in [1.29, 1.82) is 0 Å². The van der Waals surface area contributed by atoms with Crippen LogP contribution in [0.2, 0.25) is 0 Å². The number of hydrogen-bond acceptors (Lipinski definition) is 6. The van der Waals surface area contributed by atoms with E-state index in [0.717, 1.165) is 25.9 Å². The number of nitrogens with two attached hydrogens (primary N) is 3. The first-order chi connectivity index (χ1) is 8.97. The molecule has 0 bridgehead atoms. The maximum absolute atomic E-state index is 11.4. The summed E-state index contributed by atoms with van der Waals surface area (Å²) in [4.78, 5) is 22.8. The fraction of sp³-hybridized carbons (Fsp3) is 0.769. The molecule has 0 heterocycles. The molecule has 19 heavy (non-hydrogen) atoms. The Hall–Kier alpha value is -0.980. The molecule has 0 saturated heterocycles. The zero-order valence-corrected chi connectivity index (χ0v) is 11.6. The van der Waals surface area contributed by atoms with Crippen molar-refractivity contribution in [3.63, 3.8) is 0 Å². The Bertz CT molecular complexity index is 270. The highest BCUT2D eigenvalue weighted by Gasteiger charge is 2.16. The number of Topliss-reactive ketones (excluding diaryl/α,β-unsaturated/α-hetero) is 1. The molecule has 0 amide bonds. The summed E-state index contributed by atoms with van der Waals surface area (Å²) in [7, 11) is 0. The van der Waals surface area contributed by atoms with Gasteiger partial charge in [0.1, 0.15) is 6.04 Å². The number of esters is 1. The van der Waals surface area contributed by atoms with Crippen LogP contribution in [0.15, 0.2) is 0 Å². The summed E-state index contributed by atoms with van der Waals surface area (Å²) >= 11 is 0. The Morgan fingerprint density at radius 3 is 2.42 bits per heavy atom. The molecular formula is C13H26N3O3. The van der Waals surface area contributed by atoms with Gasteiger partial charge in [-0.2, -0.15) is 0 Å². The molecule has 0 aliphatic rings. The Kier molecular flexibility index (Phi) is 10.3. The molecule has 6 N–H and O–H groups in total. The smallest absolute Gasteiger partial charge is 0.323 e. The molecule has 6 heteroatoms. The predicted molar refractivity (Wildman–Crippen MR) is 73.8 cm³/mol. The average molecular weight is 272 g/mol. The molecule has 0 fully saturated rings. The first kappa shape index (κ1) is 18.0. The second-order valence-corrected chi connectivity index (χ2v) is 4.78. The molecule has 0 aromatic carbocycles. The van der Waals surface area contributed by atoms with Gasteiger partial charge < -0.3 is 21.9 Å². The molecular weight excluding hydrogens is 246 g/mol. The van der Waals surface area contributed by atoms with Crippen molar-refractivity contribution < 1.29 is 14.3 Å². The highest BCUT2D eigenvalue weighted by molar-refractivity contribution is 5.88. The molecule has 111 valence electrons. The van der Waals surface area contributed by atoms with Crippen molar-refractivity contribution in [2.75, 3.05) is 6.54 Å². The third-order valence-electron chi connectivity index (χ3n) is 2.66. The molecule has 0 spiro atoms. The minimum Gasteiger partial charge on any atom is -0.449 e. The van der Waals surface area contributed by atoms with Gasteiger partial charge in [0, 0.05) is 12.5 Å². The molecule has 0 aromatic heterocycles. The van der Waals surface area contributed by atoms with Crippen LogP contribution >= 0.6 is 0 Å². The van der Waals surface area contributed by atoms with Crippen LogP contribution in [0.5, 0.6) is 0 Å². The summed E-state index contributed by atoms with van der Waals surface area (Å²) in [5, 5.41) is 0. The lowest BCUT2D eigenvalue weighted by molar-refractivity contribution is -0.145. The van der Waals surface area contributed by atoms with E-state index in [1.54, 1.807) is 0 Å². The van der Waals surface area contributed by atoms with E-state index in [0.29, 0.717) is 25.8 Å². The monoisotopic (exact) mass is 272 g/mol. The van der Waals surface area contributed by atoms with Gasteiger partial charge in [-0.3, -0.25) is 9.59 Å². The molecule has 1 radical (unpaired) electrons. The fourth-order valence-corrected chi connectivity index (χ4v) is 1.49. The third-order valence-corrected chi connectivity index (χ3v) is 2.66. The second kappa shape index (κ2) is 10.9. The van der Waals surface area contributed by atoms with Crippen molar-refractivity contribution >= 4 is 11.8 Å². The first-order valence-corrected chi connectivity index (χ1v) is 6.75. The number of unbranched alkanes of at least 4 members (excludes halogenated alkanes) is 1. The summed E-state index contributed by atoms with van der Waals surface area (Å²) < 4.78 is 4.75. The molecule has 0 aliphatic carbocycles. The summed E-state index contributed by atoms with van der Waals surface area (Å²) in [5.41, 5.74) is 16.5. The van der Waals surface area contributed by atoms with Crippen LogP contribution in [0.25, 0.3) is 0 Å². The van der Waals surface area contributed by atoms with Crippen molar-refractivity contribution in [3.05, 3.63) is 6.61 Å². The van der Waals surface area contributed by atoms with Gasteiger partial charge in [0.05, 0.1) is 0 Å². The lowest BCUT2D eigenvalue weighted by atomic mass is 10.1. The minimum atomic E-state index is -0.695. The van der Waals surface area contributed by atoms with Crippen LogP contribution in [-0.4, -0.2) is 30.4 Å². The topological polar surface area (TPSA) is 121 Å². The highest BCUT2D eigenvalue weighted by atomic mass is 16.5. The number of ketones is 1. The number of ether oxygens (including phenoxy) is 1. The van der Waals surface area contributed by atoms with E-state index >= 15 is 0 Å². The Morgan fingerprint density at radius 1 is 1.16 bits per heavy atom. The van der Waals surface area contributed by atoms with E-state index in [4.69, 9.17) is 21.9 Å². The highest BCUT2D eigenvalue weighted by Crippen LogP contribution is 2.04. The van der Waals surface area contributed by atoms with Gasteiger partial charge in [0.2, 0.25) is 6.61 Å². The van der Waals surface area contributed by atoms with Crippen LogP contribution in [0.1, 0.15) is 45.4 Å². The Morgan fingerprint density at radius 2 is 1.84 bits per heavy atom. The summed E-state index contributed by atoms with van der Waals surface area (Å²) in [6, 6.07) is -0.619. The molecule has 0 saturated carbocycles. The number of rotatable bonds is 11. The second-order valence-electron chi connectivity index (χ2n) is 4.78. The van der Waals surface area contributed by atoms with Crippen LogP contribution in [-0.2, 0) is 14.3 Å². The maximum atomic E-state index is 11.4. The maximum Gasteiger partial charge on any atom is 0.323 e. The minimum absolute atomic E-state index is 0.0753. The van der Waals surface area contributed by atoms with Gasteiger partial charge >= 0.3 is 5.97 Å². The third kappa shape index (κ3) is 10.6. The van der Waals surface area contributed by atoms with Crippen molar-refractivity contribution in [3.8, 4) is 0 Å². The van der Waals surface area contributed by atoms with Crippen LogP contribution in [0.3, 0.4) is 0 Å². The molecule has 0 rings (SSSR count). The number of carbonyl (C=O) groups excluding carboxylic acids is 2. The zero-order valence-electron chi connectivity index (χ0n) is 11.6. The summed E-state index contributed by atoms with van der Waals surface area (Å²) in [6.45, 7) is 3.41. The van der Waals surface area contributed by atoms with Gasteiger partial charge in [-0.15, -0.1) is 0 Å². The molecule has 0 aromatic rings. The van der Waals surface area contributed by atoms with E-state index in [-0.39, 0.29) is 11.8 Å². The zero-order chi connectivity index (χ0) is 14.7. The van der Waals surface area contributed by atoms with Gasteiger partial charge in [-0.1, -0.05) is 6.42 Å². The number of hydrogen-bond donors (Lipinski definition) is 3. The Balaban J connectivity index is 3.67. The van der Waals surface area contributed by atoms with E-state index in [1.165, 1.54) is 0 Å². The number of carbonyl (C=O) groups is 2. The standard InChI is InChI=1S/C13H26N3O3/c1-10(15)5-4-6-11(17)9-19-13(18)12(16)7-2-3-8-14/h9-10,12H,2-8,14-16H2,1H3/t10?,12-/m0/s1. The summed E-state index contributed by atoms with van der Waals surface area (Å²) in [6.07, 6.45) is 3.90. The van der Waals surface area contributed by atoms with Crippen LogP contribution in [0.4, 0.5) is 0 Å². The van der Waals surface area contributed by atoms with Gasteiger partial charge in [0.25, 0.3) is 0 Å². The van der Waals surface area contributed by atoms with Crippen molar-refractivity contribution in [1.82, 2.24) is 0 Å². The van der Waals surface area contributed by atoms with Gasteiger partial charge in [0.15, 0.2) is 5.78 Å². The summed E-state index contributed by atoms with van der Waals surface area (Å²) in [5.74, 6) is -0.791. The van der Waals surface area contributed by atoms with Crippen LogP contribution in [0, 0.1) is 6.61 Å². The largest absolute Gasteiger partial charge is 0.449 e. The SMILES string of the molecule is CC(N)CCCC(=O)[CH]OC(=O)[C@@H](N)CCCCN. The van der Waals surface area contributed by atoms with Gasteiger partial charge in [-0.05, 0) is 39.2 Å². The Labute approximate surface area is 115 Å². The molecule has 6 nitrogen and oxygen atoms in total. The van der Waals surface area contributed by atoms with E-state index in [9.17, 15) is 9.59 Å². The van der Waals surface area contributed by atoms with Crippen molar-refractivity contribution in [2.45, 2.75) is 57.5 Å². The van der Waals surface area contributed by atoms with Gasteiger partial charge in [-0.25, -0.2) is 0 Å². The predicted octanol–water partition coefficient (Wildman–Crippen LogP) is 0.234. The lowest BCUT2D eigenvalue weighted by Crippen LogP contribution is -2.32. The molecule has 1 unspecified atom stereocenters. The fourth-order valence-electron chi connectivity index (χ4n) is 1.49. The van der Waals surface area contributed by atoms with E-state index < -0.39 is 12.0 Å². The quantitative estimate of drug-likeness (QED) is 0.366. The normalized spacial score (nSPS) is 13.9. The molecule has 2 atom stereocenters. The molecule has 0 aliphatic heterocycles. The lowest BCUT2D eigenvalue weighted by Gasteiger charge is -2.10.